The third-order valence-electron chi connectivity index (χ3n) is 3.23. The molecule has 1 aromatic rings. The molecule has 2 aliphatic rings. The van der Waals surface area contributed by atoms with Crippen LogP contribution in [-0.2, 0) is 11.3 Å². The Labute approximate surface area is 99.1 Å². The average molecular weight is 235 g/mol. The van der Waals surface area contributed by atoms with Crippen molar-refractivity contribution >= 4 is 5.84 Å². The summed E-state index contributed by atoms with van der Waals surface area (Å²) in [5.74, 6) is 0.110. The van der Waals surface area contributed by atoms with Gasteiger partial charge in [-0.3, -0.25) is 10.4 Å². The van der Waals surface area contributed by atoms with Gasteiger partial charge in [-0.05, 0) is 17.7 Å². The van der Waals surface area contributed by atoms with E-state index in [2.05, 4.69) is 5.01 Å². The molecule has 0 spiro atoms. The molecule has 0 atom stereocenters. The SMILES string of the molecule is N=C1c2cc(F)ccc2CN1N1CCOCC1. The molecule has 4 nitrogen and oxygen atoms in total. The van der Waals surface area contributed by atoms with Crippen LogP contribution in [0.3, 0.4) is 0 Å². The lowest BCUT2D eigenvalue weighted by Crippen LogP contribution is -2.48. The number of benzene rings is 1. The van der Waals surface area contributed by atoms with E-state index in [1.165, 1.54) is 12.1 Å². The van der Waals surface area contributed by atoms with E-state index >= 15 is 0 Å². The molecule has 17 heavy (non-hydrogen) atoms. The number of amidine groups is 1. The molecule has 0 amide bonds. The first-order valence-electron chi connectivity index (χ1n) is 5.73. The van der Waals surface area contributed by atoms with Gasteiger partial charge in [0.1, 0.15) is 11.7 Å². The number of rotatable bonds is 1. The van der Waals surface area contributed by atoms with Crippen LogP contribution < -0.4 is 0 Å². The number of fused-ring (bicyclic) bond motifs is 1. The molecule has 1 aromatic carbocycles. The van der Waals surface area contributed by atoms with Crippen LogP contribution in [0.1, 0.15) is 11.1 Å². The molecule has 0 unspecified atom stereocenters. The number of nitrogens with one attached hydrogen (secondary N) is 1. The lowest BCUT2D eigenvalue weighted by atomic mass is 10.1. The highest BCUT2D eigenvalue weighted by atomic mass is 19.1. The fourth-order valence-corrected chi connectivity index (χ4v) is 2.32. The summed E-state index contributed by atoms with van der Waals surface area (Å²) in [6, 6.07) is 4.66. The van der Waals surface area contributed by atoms with Crippen molar-refractivity contribution in [3.05, 3.63) is 35.1 Å². The van der Waals surface area contributed by atoms with Gasteiger partial charge in [-0.15, -0.1) is 0 Å². The molecule has 0 aliphatic carbocycles. The maximum absolute atomic E-state index is 13.2. The van der Waals surface area contributed by atoms with Gasteiger partial charge in [0.25, 0.3) is 0 Å². The summed E-state index contributed by atoms with van der Waals surface area (Å²) < 4.78 is 18.4. The molecule has 0 bridgehead atoms. The predicted octanol–water partition coefficient (Wildman–Crippen LogP) is 1.21. The monoisotopic (exact) mass is 235 g/mol. The number of ether oxygens (including phenoxy) is 1. The quantitative estimate of drug-likeness (QED) is 0.795. The minimum atomic E-state index is -0.280. The topological polar surface area (TPSA) is 39.6 Å². The molecule has 3 rings (SSSR count). The van der Waals surface area contributed by atoms with Crippen molar-refractivity contribution in [2.24, 2.45) is 0 Å². The molecule has 0 radical (unpaired) electrons. The van der Waals surface area contributed by atoms with Crippen LogP contribution in [0.4, 0.5) is 4.39 Å². The summed E-state index contributed by atoms with van der Waals surface area (Å²) in [5, 5.41) is 12.1. The van der Waals surface area contributed by atoms with Crippen molar-refractivity contribution in [2.75, 3.05) is 26.3 Å². The molecule has 1 N–H and O–H groups in total. The van der Waals surface area contributed by atoms with Crippen LogP contribution >= 0.6 is 0 Å². The molecule has 1 fully saturated rings. The van der Waals surface area contributed by atoms with Crippen molar-refractivity contribution in [1.29, 1.82) is 5.41 Å². The van der Waals surface area contributed by atoms with Gasteiger partial charge in [0, 0.05) is 18.7 Å². The van der Waals surface area contributed by atoms with E-state index in [4.69, 9.17) is 10.1 Å². The van der Waals surface area contributed by atoms with Crippen molar-refractivity contribution in [2.45, 2.75) is 6.54 Å². The maximum Gasteiger partial charge on any atom is 0.143 e. The molecule has 90 valence electrons. The second-order valence-electron chi connectivity index (χ2n) is 4.27. The van der Waals surface area contributed by atoms with Crippen molar-refractivity contribution in [3.8, 4) is 0 Å². The Morgan fingerprint density at radius 3 is 2.76 bits per heavy atom. The van der Waals surface area contributed by atoms with Crippen molar-refractivity contribution < 1.29 is 9.13 Å². The number of hydrogen-bond donors (Lipinski definition) is 1. The number of hydrogen-bond acceptors (Lipinski definition) is 3. The van der Waals surface area contributed by atoms with E-state index < -0.39 is 0 Å². The number of halogens is 1. The summed E-state index contributed by atoms with van der Waals surface area (Å²) in [4.78, 5) is 0. The first-order chi connectivity index (χ1) is 8.25. The summed E-state index contributed by atoms with van der Waals surface area (Å²) in [6.07, 6.45) is 0. The van der Waals surface area contributed by atoms with Crippen LogP contribution in [-0.4, -0.2) is 42.2 Å². The van der Waals surface area contributed by atoms with E-state index in [1.807, 2.05) is 5.01 Å². The zero-order valence-electron chi connectivity index (χ0n) is 9.45. The third kappa shape index (κ3) is 1.81. The van der Waals surface area contributed by atoms with Crippen molar-refractivity contribution in [3.63, 3.8) is 0 Å². The molecule has 0 aromatic heterocycles. The van der Waals surface area contributed by atoms with E-state index in [0.29, 0.717) is 31.2 Å². The normalized spacial score (nSPS) is 20.8. The highest BCUT2D eigenvalue weighted by Crippen LogP contribution is 2.25. The van der Waals surface area contributed by atoms with Gasteiger partial charge >= 0.3 is 0 Å². The number of hydrazine groups is 1. The van der Waals surface area contributed by atoms with Crippen molar-refractivity contribution in [1.82, 2.24) is 10.0 Å². The fraction of sp³-hybridized carbons (Fsp3) is 0.417. The molecule has 1 saturated heterocycles. The first kappa shape index (κ1) is 10.7. The zero-order chi connectivity index (χ0) is 11.8. The van der Waals surface area contributed by atoms with Gasteiger partial charge in [-0.2, -0.15) is 0 Å². The minimum absolute atomic E-state index is 0.280. The lowest BCUT2D eigenvalue weighted by molar-refractivity contribution is -0.0515. The van der Waals surface area contributed by atoms with Gasteiger partial charge < -0.3 is 4.74 Å². The molecule has 2 aliphatic heterocycles. The van der Waals surface area contributed by atoms with Gasteiger partial charge in [-0.25, -0.2) is 9.40 Å². The Kier molecular flexibility index (Phi) is 2.57. The first-order valence-corrected chi connectivity index (χ1v) is 5.73. The van der Waals surface area contributed by atoms with E-state index in [9.17, 15) is 4.39 Å². The molecule has 2 heterocycles. The van der Waals surface area contributed by atoms with E-state index in [0.717, 1.165) is 18.7 Å². The van der Waals surface area contributed by atoms with Crippen LogP contribution in [0, 0.1) is 11.2 Å². The van der Waals surface area contributed by atoms with Gasteiger partial charge in [-0.1, -0.05) is 6.07 Å². The fourth-order valence-electron chi connectivity index (χ4n) is 2.32. The Hall–Kier alpha value is -1.46. The Balaban J connectivity index is 1.85. The standard InChI is InChI=1S/C12H14FN3O/c13-10-2-1-9-8-16(12(14)11(9)7-10)15-3-5-17-6-4-15/h1-2,7,14H,3-6,8H2. The largest absolute Gasteiger partial charge is 0.379 e. The Morgan fingerprint density at radius 1 is 1.24 bits per heavy atom. The van der Waals surface area contributed by atoms with Gasteiger partial charge in [0.15, 0.2) is 0 Å². The summed E-state index contributed by atoms with van der Waals surface area (Å²) in [7, 11) is 0. The minimum Gasteiger partial charge on any atom is -0.379 e. The highest BCUT2D eigenvalue weighted by molar-refractivity contribution is 5.99. The number of morpholine rings is 1. The second kappa shape index (κ2) is 4.09. The average Bonchev–Trinajstić information content (AvgIpc) is 2.68. The van der Waals surface area contributed by atoms with Crippen LogP contribution in [0.2, 0.25) is 0 Å². The smallest absolute Gasteiger partial charge is 0.143 e. The third-order valence-corrected chi connectivity index (χ3v) is 3.23. The van der Waals surface area contributed by atoms with Gasteiger partial charge in [0.05, 0.1) is 19.8 Å². The van der Waals surface area contributed by atoms with E-state index in [-0.39, 0.29) is 5.82 Å². The molecule has 5 heteroatoms. The molecular weight excluding hydrogens is 221 g/mol. The molecule has 0 saturated carbocycles. The Bertz CT molecular complexity index is 457. The van der Waals surface area contributed by atoms with Crippen LogP contribution in [0.5, 0.6) is 0 Å². The number of nitrogens with zero attached hydrogens (tertiary/aromatic N) is 2. The summed E-state index contributed by atoms with van der Waals surface area (Å²) in [6.45, 7) is 3.62. The van der Waals surface area contributed by atoms with Crippen LogP contribution in [0.15, 0.2) is 18.2 Å². The summed E-state index contributed by atoms with van der Waals surface area (Å²) in [5.41, 5.74) is 1.72. The zero-order valence-corrected chi connectivity index (χ0v) is 9.45. The van der Waals surface area contributed by atoms with Gasteiger partial charge in [0.2, 0.25) is 0 Å². The highest BCUT2D eigenvalue weighted by Gasteiger charge is 2.29. The summed E-state index contributed by atoms with van der Waals surface area (Å²) >= 11 is 0. The maximum atomic E-state index is 13.2. The van der Waals surface area contributed by atoms with E-state index in [1.54, 1.807) is 6.07 Å². The van der Waals surface area contributed by atoms with Crippen LogP contribution in [0.25, 0.3) is 0 Å². The Morgan fingerprint density at radius 2 is 2.00 bits per heavy atom. The lowest BCUT2D eigenvalue weighted by Gasteiger charge is -2.35. The molecular formula is C12H14FN3O. The second-order valence-corrected chi connectivity index (χ2v) is 4.27. The predicted molar refractivity (Wildman–Crippen MR) is 61.2 cm³/mol.